The van der Waals surface area contributed by atoms with Gasteiger partial charge in [0.25, 0.3) is 0 Å². The van der Waals surface area contributed by atoms with Crippen LogP contribution < -0.4 is 4.90 Å². The first-order chi connectivity index (χ1) is 9.18. The van der Waals surface area contributed by atoms with Crippen LogP contribution in [-0.2, 0) is 9.84 Å². The molecule has 4 nitrogen and oxygen atoms in total. The number of sulfone groups is 1. The SMILES string of the molecule is CS(=O)(=O)c1ccc(N2C=NC=C(C(F)(F)F)C2)cc1. The molecular formula is C12H11F3N2O2S. The van der Waals surface area contributed by atoms with E-state index in [1.807, 2.05) is 0 Å². The van der Waals surface area contributed by atoms with Crippen molar-refractivity contribution in [2.45, 2.75) is 11.1 Å². The van der Waals surface area contributed by atoms with E-state index in [4.69, 9.17) is 0 Å². The summed E-state index contributed by atoms with van der Waals surface area (Å²) in [4.78, 5) is 4.97. The van der Waals surface area contributed by atoms with Crippen LogP contribution in [0.1, 0.15) is 0 Å². The van der Waals surface area contributed by atoms with Gasteiger partial charge in [-0.25, -0.2) is 13.4 Å². The lowest BCUT2D eigenvalue weighted by Gasteiger charge is -2.24. The lowest BCUT2D eigenvalue weighted by Crippen LogP contribution is -2.31. The Kier molecular flexibility index (Phi) is 3.59. The molecule has 1 aromatic rings. The van der Waals surface area contributed by atoms with E-state index in [0.29, 0.717) is 5.69 Å². The molecule has 0 amide bonds. The van der Waals surface area contributed by atoms with Crippen molar-refractivity contribution in [3.05, 3.63) is 36.0 Å². The summed E-state index contributed by atoms with van der Waals surface area (Å²) >= 11 is 0. The summed E-state index contributed by atoms with van der Waals surface area (Å²) < 4.78 is 60.4. The lowest BCUT2D eigenvalue weighted by atomic mass is 10.2. The Bertz CT molecular complexity index is 661. The normalized spacial score (nSPS) is 16.2. The van der Waals surface area contributed by atoms with Crippen LogP contribution in [0.15, 0.2) is 45.9 Å². The Hall–Kier alpha value is -1.83. The number of nitrogens with zero attached hydrogens (tertiary/aromatic N) is 2. The first-order valence-electron chi connectivity index (χ1n) is 5.54. The average molecular weight is 304 g/mol. The third-order valence-corrected chi connectivity index (χ3v) is 3.87. The van der Waals surface area contributed by atoms with E-state index < -0.39 is 21.6 Å². The molecule has 0 aromatic heterocycles. The second-order valence-electron chi connectivity index (χ2n) is 4.31. The fourth-order valence-electron chi connectivity index (χ4n) is 1.67. The molecule has 0 bridgehead atoms. The minimum atomic E-state index is -4.43. The molecule has 2 rings (SSSR count). The van der Waals surface area contributed by atoms with Crippen molar-refractivity contribution in [2.24, 2.45) is 4.99 Å². The summed E-state index contributed by atoms with van der Waals surface area (Å²) in [7, 11) is -3.33. The monoisotopic (exact) mass is 304 g/mol. The quantitative estimate of drug-likeness (QED) is 0.843. The van der Waals surface area contributed by atoms with Crippen molar-refractivity contribution < 1.29 is 21.6 Å². The smallest absolute Gasteiger partial charge is 0.328 e. The molecule has 0 aliphatic carbocycles. The molecule has 0 N–H and O–H groups in total. The second-order valence-corrected chi connectivity index (χ2v) is 6.33. The zero-order valence-corrected chi connectivity index (χ0v) is 11.2. The van der Waals surface area contributed by atoms with Gasteiger partial charge in [-0.15, -0.1) is 0 Å². The van der Waals surface area contributed by atoms with Crippen LogP contribution in [0.5, 0.6) is 0 Å². The van der Waals surface area contributed by atoms with E-state index in [2.05, 4.69) is 4.99 Å². The molecule has 20 heavy (non-hydrogen) atoms. The Labute approximate surface area is 114 Å². The maximum Gasteiger partial charge on any atom is 0.415 e. The van der Waals surface area contributed by atoms with E-state index in [0.717, 1.165) is 12.5 Å². The molecule has 0 saturated carbocycles. The number of aliphatic imine (C=N–C) groups is 1. The van der Waals surface area contributed by atoms with Crippen molar-refractivity contribution in [1.29, 1.82) is 0 Å². The van der Waals surface area contributed by atoms with Crippen molar-refractivity contribution in [1.82, 2.24) is 0 Å². The molecule has 0 saturated heterocycles. The summed E-state index contributed by atoms with van der Waals surface area (Å²) in [5.74, 6) is 0. The number of benzene rings is 1. The van der Waals surface area contributed by atoms with Crippen LogP contribution in [0.4, 0.5) is 18.9 Å². The summed E-state index contributed by atoms with van der Waals surface area (Å²) in [6.07, 6.45) is -1.32. The molecule has 1 heterocycles. The molecule has 0 fully saturated rings. The topological polar surface area (TPSA) is 49.7 Å². The Morgan fingerprint density at radius 2 is 1.80 bits per heavy atom. The highest BCUT2D eigenvalue weighted by Crippen LogP contribution is 2.29. The van der Waals surface area contributed by atoms with Crippen molar-refractivity contribution in [3.8, 4) is 0 Å². The van der Waals surface area contributed by atoms with Crippen LogP contribution in [0, 0.1) is 0 Å². The van der Waals surface area contributed by atoms with Crippen LogP contribution >= 0.6 is 0 Å². The lowest BCUT2D eigenvalue weighted by molar-refractivity contribution is -0.0924. The highest BCUT2D eigenvalue weighted by Gasteiger charge is 2.35. The van der Waals surface area contributed by atoms with E-state index in [9.17, 15) is 21.6 Å². The van der Waals surface area contributed by atoms with Crippen LogP contribution in [-0.4, -0.2) is 33.7 Å². The van der Waals surface area contributed by atoms with Crippen LogP contribution in [0.2, 0.25) is 0 Å². The second kappa shape index (κ2) is 4.93. The molecule has 0 radical (unpaired) electrons. The number of alkyl halides is 3. The summed E-state index contributed by atoms with van der Waals surface area (Å²) in [6, 6.07) is 5.59. The van der Waals surface area contributed by atoms with Gasteiger partial charge < -0.3 is 4.90 Å². The Balaban J connectivity index is 2.23. The number of halogens is 3. The van der Waals surface area contributed by atoms with Gasteiger partial charge in [-0.3, -0.25) is 0 Å². The maximum atomic E-state index is 12.6. The van der Waals surface area contributed by atoms with Gasteiger partial charge >= 0.3 is 6.18 Å². The van der Waals surface area contributed by atoms with Gasteiger partial charge in [0.05, 0.1) is 23.4 Å². The van der Waals surface area contributed by atoms with Gasteiger partial charge in [0.15, 0.2) is 9.84 Å². The number of rotatable bonds is 2. The van der Waals surface area contributed by atoms with Gasteiger partial charge in [-0.2, -0.15) is 13.2 Å². The molecule has 1 aliphatic heterocycles. The third-order valence-electron chi connectivity index (χ3n) is 2.74. The van der Waals surface area contributed by atoms with E-state index in [1.54, 1.807) is 0 Å². The fraction of sp³-hybridized carbons (Fsp3) is 0.250. The Morgan fingerprint density at radius 1 is 1.20 bits per heavy atom. The van der Waals surface area contributed by atoms with Gasteiger partial charge in [-0.1, -0.05) is 0 Å². The predicted molar refractivity (Wildman–Crippen MR) is 69.5 cm³/mol. The van der Waals surface area contributed by atoms with E-state index in [-0.39, 0.29) is 11.4 Å². The minimum absolute atomic E-state index is 0.113. The average Bonchev–Trinajstić information content (AvgIpc) is 2.37. The minimum Gasteiger partial charge on any atom is -0.328 e. The predicted octanol–water partition coefficient (Wildman–Crippen LogP) is 2.38. The van der Waals surface area contributed by atoms with Crippen molar-refractivity contribution in [2.75, 3.05) is 17.7 Å². The van der Waals surface area contributed by atoms with E-state index in [1.165, 1.54) is 35.5 Å². The molecule has 1 aliphatic rings. The zero-order valence-electron chi connectivity index (χ0n) is 10.4. The number of hydrogen-bond acceptors (Lipinski definition) is 4. The largest absolute Gasteiger partial charge is 0.415 e. The van der Waals surface area contributed by atoms with Gasteiger partial charge in [-0.05, 0) is 24.3 Å². The molecule has 8 heteroatoms. The first-order valence-corrected chi connectivity index (χ1v) is 7.43. The molecule has 1 aromatic carbocycles. The van der Waals surface area contributed by atoms with Gasteiger partial charge in [0.2, 0.25) is 0 Å². The summed E-state index contributed by atoms with van der Waals surface area (Å²) in [5.41, 5.74) is -0.316. The summed E-state index contributed by atoms with van der Waals surface area (Å²) in [5, 5.41) is 0. The van der Waals surface area contributed by atoms with Crippen LogP contribution in [0.3, 0.4) is 0 Å². The highest BCUT2D eigenvalue weighted by atomic mass is 32.2. The number of hydrogen-bond donors (Lipinski definition) is 0. The molecular weight excluding hydrogens is 293 g/mol. The third kappa shape index (κ3) is 3.19. The molecule has 108 valence electrons. The number of anilines is 1. The van der Waals surface area contributed by atoms with Crippen molar-refractivity contribution >= 4 is 21.9 Å². The maximum absolute atomic E-state index is 12.6. The van der Waals surface area contributed by atoms with Crippen molar-refractivity contribution in [3.63, 3.8) is 0 Å². The first kappa shape index (κ1) is 14.6. The zero-order chi connectivity index (χ0) is 15.0. The van der Waals surface area contributed by atoms with Crippen LogP contribution in [0.25, 0.3) is 0 Å². The van der Waals surface area contributed by atoms with Gasteiger partial charge in [0, 0.05) is 18.1 Å². The highest BCUT2D eigenvalue weighted by molar-refractivity contribution is 7.90. The molecule has 0 unspecified atom stereocenters. The summed E-state index contributed by atoms with van der Waals surface area (Å²) in [6.45, 7) is -0.356. The fourth-order valence-corrected chi connectivity index (χ4v) is 2.31. The standard InChI is InChI=1S/C12H11F3N2O2S/c1-20(18,19)11-4-2-10(3-5-11)17-7-9(6-16-8-17)12(13,14)15/h2-6,8H,7H2,1H3. The van der Waals surface area contributed by atoms with Gasteiger partial charge in [0.1, 0.15) is 0 Å². The Morgan fingerprint density at radius 3 is 2.30 bits per heavy atom. The molecule has 0 atom stereocenters. The molecule has 0 spiro atoms. The van der Waals surface area contributed by atoms with E-state index >= 15 is 0 Å².